The standard InChI is InChI=1S/C19H24N4O3/c1-3-22(4-2)18-8-5-15(19(24)13-18)14-20-11-12-21-16-6-9-17(10-7-16)23(25)26/h5-10,13-14,21,24H,3-4,11-12H2,1-2H3. The van der Waals surface area contributed by atoms with Crippen molar-refractivity contribution < 1.29 is 10.0 Å². The lowest BCUT2D eigenvalue weighted by molar-refractivity contribution is -0.384. The van der Waals surface area contributed by atoms with Gasteiger partial charge in [-0.05, 0) is 38.1 Å². The Morgan fingerprint density at radius 1 is 1.19 bits per heavy atom. The summed E-state index contributed by atoms with van der Waals surface area (Å²) in [5.41, 5.74) is 2.54. The molecular weight excluding hydrogens is 332 g/mol. The second kappa shape index (κ2) is 9.41. The molecule has 0 aliphatic carbocycles. The van der Waals surface area contributed by atoms with Gasteiger partial charge in [-0.2, -0.15) is 0 Å². The molecule has 7 heteroatoms. The van der Waals surface area contributed by atoms with Gasteiger partial charge in [-0.1, -0.05) is 0 Å². The predicted octanol–water partition coefficient (Wildman–Crippen LogP) is 3.68. The van der Waals surface area contributed by atoms with Crippen molar-refractivity contribution in [2.75, 3.05) is 36.4 Å². The molecular formula is C19H24N4O3. The highest BCUT2D eigenvalue weighted by Gasteiger charge is 2.05. The number of phenolic OH excluding ortho intramolecular Hbond substituents is 1. The molecule has 2 rings (SSSR count). The molecule has 2 aromatic rings. The lowest BCUT2D eigenvalue weighted by Gasteiger charge is -2.21. The quantitative estimate of drug-likeness (QED) is 0.309. The molecule has 138 valence electrons. The van der Waals surface area contributed by atoms with E-state index < -0.39 is 4.92 Å². The fraction of sp³-hybridized carbons (Fsp3) is 0.316. The summed E-state index contributed by atoms with van der Waals surface area (Å²) >= 11 is 0. The molecule has 0 aromatic heterocycles. The van der Waals surface area contributed by atoms with Crippen LogP contribution < -0.4 is 10.2 Å². The van der Waals surface area contributed by atoms with E-state index >= 15 is 0 Å². The Morgan fingerprint density at radius 3 is 2.46 bits per heavy atom. The Balaban J connectivity index is 1.85. The smallest absolute Gasteiger partial charge is 0.269 e. The number of rotatable bonds is 9. The first-order valence-corrected chi connectivity index (χ1v) is 8.61. The van der Waals surface area contributed by atoms with Crippen molar-refractivity contribution in [3.63, 3.8) is 0 Å². The molecule has 0 bridgehead atoms. The maximum Gasteiger partial charge on any atom is 0.269 e. The SMILES string of the molecule is CCN(CC)c1ccc(C=NCCNc2ccc([N+](=O)[O-])cc2)c(O)c1. The van der Waals surface area contributed by atoms with Gasteiger partial charge >= 0.3 is 0 Å². The van der Waals surface area contributed by atoms with Crippen LogP contribution in [0.1, 0.15) is 19.4 Å². The highest BCUT2D eigenvalue weighted by Crippen LogP contribution is 2.23. The first-order chi connectivity index (χ1) is 12.5. The number of nitrogens with one attached hydrogen (secondary N) is 1. The molecule has 0 atom stereocenters. The minimum absolute atomic E-state index is 0.0669. The number of aliphatic imine (C=N–C) groups is 1. The van der Waals surface area contributed by atoms with Gasteiger partial charge in [0.15, 0.2) is 0 Å². The fourth-order valence-corrected chi connectivity index (χ4v) is 2.56. The number of benzene rings is 2. The van der Waals surface area contributed by atoms with Crippen LogP contribution in [0.4, 0.5) is 17.1 Å². The van der Waals surface area contributed by atoms with Crippen molar-refractivity contribution in [2.45, 2.75) is 13.8 Å². The van der Waals surface area contributed by atoms with E-state index in [1.54, 1.807) is 24.4 Å². The summed E-state index contributed by atoms with van der Waals surface area (Å²) in [6.07, 6.45) is 1.65. The van der Waals surface area contributed by atoms with Crippen LogP contribution in [0.2, 0.25) is 0 Å². The highest BCUT2D eigenvalue weighted by atomic mass is 16.6. The number of hydrogen-bond acceptors (Lipinski definition) is 6. The van der Waals surface area contributed by atoms with Crippen molar-refractivity contribution in [3.8, 4) is 5.75 Å². The van der Waals surface area contributed by atoms with E-state index in [2.05, 4.69) is 29.1 Å². The van der Waals surface area contributed by atoms with Crippen molar-refractivity contribution in [1.82, 2.24) is 0 Å². The molecule has 0 unspecified atom stereocenters. The summed E-state index contributed by atoms with van der Waals surface area (Å²) in [5, 5.41) is 23.9. The lowest BCUT2D eigenvalue weighted by Crippen LogP contribution is -2.21. The topological polar surface area (TPSA) is 91.0 Å². The van der Waals surface area contributed by atoms with Gasteiger partial charge in [0, 0.05) is 61.0 Å². The van der Waals surface area contributed by atoms with E-state index in [1.807, 2.05) is 12.1 Å². The Hall–Kier alpha value is -3.09. The summed E-state index contributed by atoms with van der Waals surface area (Å²) in [5.74, 6) is 0.210. The second-order valence-electron chi connectivity index (χ2n) is 5.68. The van der Waals surface area contributed by atoms with Crippen LogP contribution >= 0.6 is 0 Å². The van der Waals surface area contributed by atoms with Crippen LogP contribution in [0.15, 0.2) is 47.5 Å². The van der Waals surface area contributed by atoms with Gasteiger partial charge in [-0.25, -0.2) is 0 Å². The minimum atomic E-state index is -0.425. The lowest BCUT2D eigenvalue weighted by atomic mass is 10.2. The predicted molar refractivity (Wildman–Crippen MR) is 106 cm³/mol. The average molecular weight is 356 g/mol. The van der Waals surface area contributed by atoms with Crippen LogP contribution in [0.25, 0.3) is 0 Å². The van der Waals surface area contributed by atoms with Crippen LogP contribution in [0, 0.1) is 10.1 Å². The third-order valence-corrected chi connectivity index (χ3v) is 4.02. The molecule has 26 heavy (non-hydrogen) atoms. The van der Waals surface area contributed by atoms with E-state index in [0.29, 0.717) is 18.7 Å². The molecule has 0 amide bonds. The van der Waals surface area contributed by atoms with Gasteiger partial charge < -0.3 is 15.3 Å². The van der Waals surface area contributed by atoms with Crippen molar-refractivity contribution in [1.29, 1.82) is 0 Å². The molecule has 0 aliphatic heterocycles. The van der Waals surface area contributed by atoms with Gasteiger partial charge in [0.05, 0.1) is 11.5 Å². The molecule has 0 radical (unpaired) electrons. The van der Waals surface area contributed by atoms with E-state index in [-0.39, 0.29) is 11.4 Å². The molecule has 0 aliphatic rings. The number of nitro benzene ring substituents is 1. The average Bonchev–Trinajstić information content (AvgIpc) is 2.64. The summed E-state index contributed by atoms with van der Waals surface area (Å²) in [6.45, 7) is 7.04. The van der Waals surface area contributed by atoms with Crippen molar-refractivity contribution in [3.05, 3.63) is 58.1 Å². The normalized spacial score (nSPS) is 10.8. The second-order valence-corrected chi connectivity index (χ2v) is 5.68. The Bertz CT molecular complexity index is 756. The number of hydrogen-bond donors (Lipinski definition) is 2. The molecule has 2 N–H and O–H groups in total. The Labute approximate surface area is 153 Å². The Morgan fingerprint density at radius 2 is 1.88 bits per heavy atom. The maximum absolute atomic E-state index is 10.6. The highest BCUT2D eigenvalue weighted by molar-refractivity contribution is 5.84. The molecule has 0 saturated heterocycles. The van der Waals surface area contributed by atoms with Crippen molar-refractivity contribution >= 4 is 23.3 Å². The number of aromatic hydroxyl groups is 1. The molecule has 2 aromatic carbocycles. The zero-order chi connectivity index (χ0) is 18.9. The first-order valence-electron chi connectivity index (χ1n) is 8.61. The van der Waals surface area contributed by atoms with Gasteiger partial charge in [-0.3, -0.25) is 15.1 Å². The van der Waals surface area contributed by atoms with E-state index in [4.69, 9.17) is 0 Å². The monoisotopic (exact) mass is 356 g/mol. The molecule has 7 nitrogen and oxygen atoms in total. The van der Waals surface area contributed by atoms with Crippen LogP contribution in [0.5, 0.6) is 5.75 Å². The van der Waals surface area contributed by atoms with Gasteiger partial charge in [0.1, 0.15) is 5.75 Å². The zero-order valence-corrected chi connectivity index (χ0v) is 15.1. The largest absolute Gasteiger partial charge is 0.507 e. The summed E-state index contributed by atoms with van der Waals surface area (Å²) in [4.78, 5) is 16.7. The maximum atomic E-state index is 10.6. The summed E-state index contributed by atoms with van der Waals surface area (Å²) in [6, 6.07) is 11.8. The molecule has 0 spiro atoms. The third-order valence-electron chi connectivity index (χ3n) is 4.02. The number of nitrogens with zero attached hydrogens (tertiary/aromatic N) is 3. The van der Waals surface area contributed by atoms with E-state index in [1.165, 1.54) is 12.1 Å². The molecule has 0 heterocycles. The van der Waals surface area contributed by atoms with Crippen LogP contribution in [-0.4, -0.2) is 42.4 Å². The minimum Gasteiger partial charge on any atom is -0.507 e. The fourth-order valence-electron chi connectivity index (χ4n) is 2.56. The number of nitro groups is 1. The first kappa shape index (κ1) is 19.2. The Kier molecular flexibility index (Phi) is 6.96. The summed E-state index contributed by atoms with van der Waals surface area (Å²) < 4.78 is 0. The number of non-ortho nitro benzene ring substituents is 1. The van der Waals surface area contributed by atoms with E-state index in [9.17, 15) is 15.2 Å². The van der Waals surface area contributed by atoms with Crippen LogP contribution in [-0.2, 0) is 0 Å². The van der Waals surface area contributed by atoms with Gasteiger partial charge in [0.2, 0.25) is 0 Å². The number of anilines is 2. The zero-order valence-electron chi connectivity index (χ0n) is 15.1. The van der Waals surface area contributed by atoms with Gasteiger partial charge in [-0.15, -0.1) is 0 Å². The molecule has 0 fully saturated rings. The molecule has 0 saturated carbocycles. The van der Waals surface area contributed by atoms with Crippen molar-refractivity contribution in [2.24, 2.45) is 4.99 Å². The third kappa shape index (κ3) is 5.20. The van der Waals surface area contributed by atoms with Gasteiger partial charge in [0.25, 0.3) is 5.69 Å². The van der Waals surface area contributed by atoms with E-state index in [0.717, 1.165) is 24.5 Å². The summed E-state index contributed by atoms with van der Waals surface area (Å²) in [7, 11) is 0. The number of phenols is 1. The van der Waals surface area contributed by atoms with Crippen LogP contribution in [0.3, 0.4) is 0 Å².